The lowest BCUT2D eigenvalue weighted by atomic mass is 10.0. The maximum Gasteiger partial charge on any atom is 0.226 e. The highest BCUT2D eigenvalue weighted by molar-refractivity contribution is 5.96. The predicted molar refractivity (Wildman–Crippen MR) is 115 cm³/mol. The van der Waals surface area contributed by atoms with Crippen LogP contribution in [-0.4, -0.2) is 28.7 Å². The number of amides is 1. The minimum absolute atomic E-state index is 0.0390. The van der Waals surface area contributed by atoms with E-state index in [0.717, 1.165) is 22.5 Å². The Morgan fingerprint density at radius 1 is 0.966 bits per heavy atom. The number of Topliss-reactive ketones (excluding diaryl/α,β-unsaturated/α-hetero) is 1. The standard InChI is InChI=1S/C23H24N4O2/c1-3-23(29)27(2)19-10-11-20(25-15-19)17-6-8-18(9-7-17)21(28)12-4-16-5-13-22(24)26-14-16/h5-11,13-15H,3-4,12H2,1-2H3,(H2,24,26). The molecule has 3 rings (SSSR count). The van der Waals surface area contributed by atoms with Gasteiger partial charge in [-0.3, -0.25) is 14.6 Å². The number of nitrogens with zero attached hydrogens (tertiary/aromatic N) is 3. The van der Waals surface area contributed by atoms with Crippen LogP contribution in [0.3, 0.4) is 0 Å². The smallest absolute Gasteiger partial charge is 0.226 e. The van der Waals surface area contributed by atoms with Crippen LogP contribution in [0.4, 0.5) is 11.5 Å². The first-order valence-electron chi connectivity index (χ1n) is 9.54. The summed E-state index contributed by atoms with van der Waals surface area (Å²) in [4.78, 5) is 34.3. The fraction of sp³-hybridized carbons (Fsp3) is 0.217. The van der Waals surface area contributed by atoms with Gasteiger partial charge in [0.15, 0.2) is 5.78 Å². The van der Waals surface area contributed by atoms with Crippen molar-refractivity contribution in [1.29, 1.82) is 0 Å². The van der Waals surface area contributed by atoms with Crippen molar-refractivity contribution in [3.63, 3.8) is 0 Å². The molecule has 1 amide bonds. The normalized spacial score (nSPS) is 10.6. The second-order valence-corrected chi connectivity index (χ2v) is 6.80. The second kappa shape index (κ2) is 9.10. The molecular formula is C23H24N4O2. The van der Waals surface area contributed by atoms with Gasteiger partial charge in [-0.1, -0.05) is 37.3 Å². The van der Waals surface area contributed by atoms with Crippen molar-refractivity contribution in [1.82, 2.24) is 9.97 Å². The summed E-state index contributed by atoms with van der Waals surface area (Å²) in [5, 5.41) is 0. The van der Waals surface area contributed by atoms with E-state index < -0.39 is 0 Å². The fourth-order valence-electron chi connectivity index (χ4n) is 2.95. The number of nitrogens with two attached hydrogens (primary N) is 1. The molecule has 0 bridgehead atoms. The van der Waals surface area contributed by atoms with Crippen LogP contribution < -0.4 is 10.6 Å². The van der Waals surface area contributed by atoms with Gasteiger partial charge in [0.05, 0.1) is 17.6 Å². The highest BCUT2D eigenvalue weighted by Gasteiger charge is 2.10. The Morgan fingerprint density at radius 2 is 1.72 bits per heavy atom. The summed E-state index contributed by atoms with van der Waals surface area (Å²) in [5.74, 6) is 0.592. The van der Waals surface area contributed by atoms with Crippen molar-refractivity contribution in [2.75, 3.05) is 17.7 Å². The van der Waals surface area contributed by atoms with Crippen molar-refractivity contribution >= 4 is 23.2 Å². The molecule has 3 aromatic rings. The van der Waals surface area contributed by atoms with Gasteiger partial charge in [-0.2, -0.15) is 0 Å². The van der Waals surface area contributed by atoms with Crippen LogP contribution in [0.5, 0.6) is 0 Å². The Bertz CT molecular complexity index is 981. The van der Waals surface area contributed by atoms with Crippen molar-refractivity contribution in [3.05, 3.63) is 72.1 Å². The molecule has 0 saturated carbocycles. The number of aryl methyl sites for hydroxylation is 1. The molecule has 6 nitrogen and oxygen atoms in total. The zero-order valence-corrected chi connectivity index (χ0v) is 16.6. The van der Waals surface area contributed by atoms with Crippen molar-refractivity contribution in [2.24, 2.45) is 0 Å². The Hall–Kier alpha value is -3.54. The number of benzene rings is 1. The van der Waals surface area contributed by atoms with Crippen LogP contribution in [0, 0.1) is 0 Å². The number of ketones is 1. The number of rotatable bonds is 7. The van der Waals surface area contributed by atoms with Crippen LogP contribution in [0.1, 0.15) is 35.7 Å². The molecule has 2 heterocycles. The Balaban J connectivity index is 1.64. The molecule has 0 atom stereocenters. The maximum atomic E-state index is 12.4. The van der Waals surface area contributed by atoms with E-state index in [4.69, 9.17) is 5.73 Å². The van der Waals surface area contributed by atoms with Gasteiger partial charge in [0.1, 0.15) is 5.82 Å². The fourth-order valence-corrected chi connectivity index (χ4v) is 2.95. The summed E-state index contributed by atoms with van der Waals surface area (Å²) in [6.45, 7) is 1.83. The highest BCUT2D eigenvalue weighted by Crippen LogP contribution is 2.21. The number of hydrogen-bond acceptors (Lipinski definition) is 5. The molecule has 2 N–H and O–H groups in total. The molecule has 29 heavy (non-hydrogen) atoms. The largest absolute Gasteiger partial charge is 0.384 e. The molecule has 0 spiro atoms. The lowest BCUT2D eigenvalue weighted by molar-refractivity contribution is -0.118. The van der Waals surface area contributed by atoms with Crippen molar-refractivity contribution in [2.45, 2.75) is 26.2 Å². The van der Waals surface area contributed by atoms with E-state index >= 15 is 0 Å². The summed E-state index contributed by atoms with van der Waals surface area (Å²) in [6.07, 6.45) is 4.87. The summed E-state index contributed by atoms with van der Waals surface area (Å²) >= 11 is 0. The molecule has 0 aliphatic rings. The zero-order chi connectivity index (χ0) is 20.8. The lowest BCUT2D eigenvalue weighted by Gasteiger charge is -2.16. The van der Waals surface area contributed by atoms with Gasteiger partial charge in [-0.25, -0.2) is 4.98 Å². The lowest BCUT2D eigenvalue weighted by Crippen LogP contribution is -2.25. The molecule has 0 saturated heterocycles. The molecule has 0 aliphatic carbocycles. The summed E-state index contributed by atoms with van der Waals surface area (Å²) in [7, 11) is 1.74. The minimum Gasteiger partial charge on any atom is -0.384 e. The van der Waals surface area contributed by atoms with E-state index in [2.05, 4.69) is 9.97 Å². The average Bonchev–Trinajstić information content (AvgIpc) is 2.77. The Kier molecular flexibility index (Phi) is 6.34. The number of nitrogen functional groups attached to an aromatic ring is 1. The van der Waals surface area contributed by atoms with Crippen LogP contribution >= 0.6 is 0 Å². The van der Waals surface area contributed by atoms with Crippen LogP contribution in [0.2, 0.25) is 0 Å². The van der Waals surface area contributed by atoms with E-state index in [-0.39, 0.29) is 11.7 Å². The summed E-state index contributed by atoms with van der Waals surface area (Å²) < 4.78 is 0. The number of aromatic nitrogens is 2. The average molecular weight is 388 g/mol. The van der Waals surface area contributed by atoms with Crippen molar-refractivity contribution in [3.8, 4) is 11.3 Å². The van der Waals surface area contributed by atoms with Gasteiger partial charge >= 0.3 is 0 Å². The summed E-state index contributed by atoms with van der Waals surface area (Å²) in [6, 6.07) is 14.8. The van der Waals surface area contributed by atoms with Crippen molar-refractivity contribution < 1.29 is 9.59 Å². The predicted octanol–water partition coefficient (Wildman–Crippen LogP) is 3.91. The van der Waals surface area contributed by atoms with E-state index in [9.17, 15) is 9.59 Å². The van der Waals surface area contributed by atoms with E-state index in [0.29, 0.717) is 30.6 Å². The molecule has 2 aromatic heterocycles. The van der Waals surface area contributed by atoms with Crippen LogP contribution in [-0.2, 0) is 11.2 Å². The first kappa shape index (κ1) is 20.2. The van der Waals surface area contributed by atoms with E-state index in [1.807, 2.05) is 49.4 Å². The third-order valence-electron chi connectivity index (χ3n) is 4.80. The van der Waals surface area contributed by atoms with E-state index in [1.54, 1.807) is 30.4 Å². The molecule has 0 aliphatic heterocycles. The minimum atomic E-state index is 0.0390. The zero-order valence-electron chi connectivity index (χ0n) is 16.6. The molecule has 0 fully saturated rings. The molecule has 148 valence electrons. The number of hydrogen-bond donors (Lipinski definition) is 1. The first-order valence-corrected chi connectivity index (χ1v) is 9.54. The molecule has 1 aromatic carbocycles. The van der Waals surface area contributed by atoms with E-state index in [1.165, 1.54) is 0 Å². The Morgan fingerprint density at radius 3 is 2.31 bits per heavy atom. The molecular weight excluding hydrogens is 364 g/mol. The summed E-state index contributed by atoms with van der Waals surface area (Å²) in [5.41, 5.74) is 9.69. The first-order chi connectivity index (χ1) is 14.0. The SMILES string of the molecule is CCC(=O)N(C)c1ccc(-c2ccc(C(=O)CCc3ccc(N)nc3)cc2)nc1. The molecule has 0 radical (unpaired) electrons. The van der Waals surface area contributed by atoms with Gasteiger partial charge in [-0.15, -0.1) is 0 Å². The van der Waals surface area contributed by atoms with Crippen LogP contribution in [0.25, 0.3) is 11.3 Å². The van der Waals surface area contributed by atoms with Gasteiger partial charge in [0.25, 0.3) is 0 Å². The third-order valence-corrected chi connectivity index (χ3v) is 4.80. The monoisotopic (exact) mass is 388 g/mol. The second-order valence-electron chi connectivity index (χ2n) is 6.80. The molecule has 0 unspecified atom stereocenters. The quantitative estimate of drug-likeness (QED) is 0.620. The number of pyridine rings is 2. The van der Waals surface area contributed by atoms with Gasteiger partial charge in [-0.05, 0) is 30.2 Å². The molecule has 6 heteroatoms. The highest BCUT2D eigenvalue weighted by atomic mass is 16.2. The van der Waals surface area contributed by atoms with Gasteiger partial charge in [0.2, 0.25) is 5.91 Å². The topological polar surface area (TPSA) is 89.2 Å². The van der Waals surface area contributed by atoms with Crippen LogP contribution in [0.15, 0.2) is 60.9 Å². The maximum absolute atomic E-state index is 12.4. The third kappa shape index (κ3) is 5.04. The van der Waals surface area contributed by atoms with Gasteiger partial charge < -0.3 is 10.6 Å². The number of anilines is 2. The Labute approximate surface area is 170 Å². The number of carbonyl (C=O) groups excluding carboxylic acids is 2. The number of carbonyl (C=O) groups is 2. The van der Waals surface area contributed by atoms with Gasteiger partial charge in [0, 0.05) is 37.2 Å².